The molecule has 7 heteroatoms. The first-order chi connectivity index (χ1) is 5.75. The van der Waals surface area contributed by atoms with E-state index in [9.17, 15) is 13.2 Å². The third kappa shape index (κ3) is 4.61. The predicted octanol–water partition coefficient (Wildman–Crippen LogP) is -1.12. The number of nitrogens with one attached hydrogen (secondary N) is 1. The Kier molecular flexibility index (Phi) is 4.05. The molecule has 0 saturated carbocycles. The fourth-order valence-corrected chi connectivity index (χ4v) is 0.730. The van der Waals surface area contributed by atoms with Gasteiger partial charge in [-0.1, -0.05) is 6.58 Å². The van der Waals surface area contributed by atoms with Crippen molar-refractivity contribution >= 4 is 16.0 Å². The second-order valence-corrected chi connectivity index (χ2v) is 4.03. The highest BCUT2D eigenvalue weighted by molar-refractivity contribution is 7.86. The average molecular weight is 209 g/mol. The summed E-state index contributed by atoms with van der Waals surface area (Å²) in [6.07, 6.45) is 0. The first-order valence-corrected chi connectivity index (χ1v) is 4.83. The summed E-state index contributed by atoms with van der Waals surface area (Å²) in [7, 11) is -4.51. The molecule has 0 radical (unpaired) electrons. The number of aliphatic hydroxyl groups is 1. The van der Waals surface area contributed by atoms with Crippen LogP contribution in [-0.4, -0.2) is 36.0 Å². The van der Waals surface area contributed by atoms with E-state index in [0.29, 0.717) is 0 Å². The molecule has 0 heterocycles. The van der Waals surface area contributed by atoms with Crippen molar-refractivity contribution in [3.63, 3.8) is 0 Å². The number of hydrogen-bond acceptors (Lipinski definition) is 4. The normalized spacial score (nSPS) is 13.5. The summed E-state index contributed by atoms with van der Waals surface area (Å²) in [5.74, 6) is -0.581. The van der Waals surface area contributed by atoms with Gasteiger partial charge in [0, 0.05) is 5.57 Å². The van der Waals surface area contributed by atoms with Gasteiger partial charge in [0.05, 0.1) is 6.54 Å². The van der Waals surface area contributed by atoms with Gasteiger partial charge in [-0.2, -0.15) is 8.42 Å². The fraction of sp³-hybridized carbons (Fsp3) is 0.500. The van der Waals surface area contributed by atoms with Crippen LogP contribution in [0.3, 0.4) is 0 Å². The minimum absolute atomic E-state index is 0.183. The van der Waals surface area contributed by atoms with Crippen molar-refractivity contribution in [1.29, 1.82) is 0 Å². The van der Waals surface area contributed by atoms with Crippen molar-refractivity contribution in [2.45, 2.75) is 12.4 Å². The van der Waals surface area contributed by atoms with Crippen molar-refractivity contribution < 1.29 is 22.9 Å². The van der Waals surface area contributed by atoms with Crippen LogP contribution in [0.25, 0.3) is 0 Å². The van der Waals surface area contributed by atoms with Crippen LogP contribution in [0.15, 0.2) is 12.2 Å². The minimum atomic E-state index is -4.51. The molecule has 3 N–H and O–H groups in total. The number of carbonyl (C=O) groups is 1. The van der Waals surface area contributed by atoms with Crippen LogP contribution in [0.1, 0.15) is 6.92 Å². The van der Waals surface area contributed by atoms with E-state index in [0.717, 1.165) is 0 Å². The van der Waals surface area contributed by atoms with Crippen LogP contribution in [0, 0.1) is 0 Å². The van der Waals surface area contributed by atoms with Crippen LogP contribution < -0.4 is 5.32 Å². The quantitative estimate of drug-likeness (QED) is 0.402. The van der Waals surface area contributed by atoms with Crippen LogP contribution in [0.5, 0.6) is 0 Å². The predicted molar refractivity (Wildman–Crippen MR) is 45.4 cm³/mol. The minimum Gasteiger partial charge on any atom is -0.374 e. The summed E-state index contributed by atoms with van der Waals surface area (Å²) >= 11 is 0. The molecule has 0 spiro atoms. The number of rotatable bonds is 4. The standard InChI is InChI=1S/C6H11NO5S/c1-4(2)6(9)7-3-5(8)13(10,11)12/h5,8H,1,3H2,2H3,(H,7,9)(H,10,11,12). The highest BCUT2D eigenvalue weighted by Crippen LogP contribution is 1.93. The van der Waals surface area contributed by atoms with E-state index in [4.69, 9.17) is 9.66 Å². The SMILES string of the molecule is C=C(C)C(=O)NCC(O)S(=O)(=O)O. The Morgan fingerprint density at radius 2 is 2.08 bits per heavy atom. The van der Waals surface area contributed by atoms with Crippen LogP contribution in [0.4, 0.5) is 0 Å². The molecule has 0 saturated heterocycles. The van der Waals surface area contributed by atoms with E-state index in [1.54, 1.807) is 0 Å². The van der Waals surface area contributed by atoms with Crippen molar-refractivity contribution in [1.82, 2.24) is 5.32 Å². The molecule has 0 aliphatic carbocycles. The van der Waals surface area contributed by atoms with Crippen LogP contribution in [0.2, 0.25) is 0 Å². The second kappa shape index (κ2) is 4.35. The molecule has 0 fully saturated rings. The molecule has 0 aliphatic heterocycles. The van der Waals surface area contributed by atoms with Gasteiger partial charge in [-0.3, -0.25) is 9.35 Å². The number of amides is 1. The van der Waals surface area contributed by atoms with E-state index < -0.39 is 28.0 Å². The first-order valence-electron chi connectivity index (χ1n) is 3.33. The molecule has 0 aromatic heterocycles. The van der Waals surface area contributed by atoms with Crippen molar-refractivity contribution in [2.75, 3.05) is 6.54 Å². The summed E-state index contributed by atoms with van der Waals surface area (Å²) in [5.41, 5.74) is -1.82. The van der Waals surface area contributed by atoms with Gasteiger partial charge < -0.3 is 10.4 Å². The highest BCUT2D eigenvalue weighted by atomic mass is 32.2. The first kappa shape index (κ1) is 12.1. The van der Waals surface area contributed by atoms with E-state index >= 15 is 0 Å². The molecule has 0 aromatic carbocycles. The number of carbonyl (C=O) groups excluding carboxylic acids is 1. The summed E-state index contributed by atoms with van der Waals surface area (Å²) in [4.78, 5) is 10.8. The van der Waals surface area contributed by atoms with Gasteiger partial charge in [0.25, 0.3) is 10.1 Å². The Morgan fingerprint density at radius 1 is 1.62 bits per heavy atom. The lowest BCUT2D eigenvalue weighted by atomic mass is 10.3. The molecular weight excluding hydrogens is 198 g/mol. The molecule has 0 rings (SSSR count). The lowest BCUT2D eigenvalue weighted by Gasteiger charge is -2.08. The third-order valence-electron chi connectivity index (χ3n) is 1.17. The van der Waals surface area contributed by atoms with Crippen molar-refractivity contribution in [3.8, 4) is 0 Å². The summed E-state index contributed by atoms with van der Waals surface area (Å²) in [5, 5.41) is 10.8. The zero-order valence-corrected chi connectivity index (χ0v) is 7.84. The highest BCUT2D eigenvalue weighted by Gasteiger charge is 2.19. The van der Waals surface area contributed by atoms with Crippen molar-refractivity contribution in [2.24, 2.45) is 0 Å². The Balaban J connectivity index is 4.06. The Labute approximate surface area is 76.0 Å². The maximum atomic E-state index is 10.8. The molecule has 76 valence electrons. The second-order valence-electron chi connectivity index (χ2n) is 2.46. The zero-order valence-electron chi connectivity index (χ0n) is 7.02. The van der Waals surface area contributed by atoms with Gasteiger partial charge in [-0.15, -0.1) is 0 Å². The number of aliphatic hydroxyl groups excluding tert-OH is 1. The smallest absolute Gasteiger partial charge is 0.293 e. The topological polar surface area (TPSA) is 104 Å². The lowest BCUT2D eigenvalue weighted by Crippen LogP contribution is -2.36. The summed E-state index contributed by atoms with van der Waals surface area (Å²) in [6.45, 7) is 4.15. The van der Waals surface area contributed by atoms with Gasteiger partial charge >= 0.3 is 0 Å². The average Bonchev–Trinajstić information content (AvgIpc) is 1.97. The van der Waals surface area contributed by atoms with E-state index in [1.165, 1.54) is 6.92 Å². The van der Waals surface area contributed by atoms with Crippen molar-refractivity contribution in [3.05, 3.63) is 12.2 Å². The maximum absolute atomic E-state index is 10.8. The number of hydrogen-bond donors (Lipinski definition) is 3. The summed E-state index contributed by atoms with van der Waals surface area (Å²) < 4.78 is 28.8. The lowest BCUT2D eigenvalue weighted by molar-refractivity contribution is -0.117. The van der Waals surface area contributed by atoms with E-state index in [-0.39, 0.29) is 5.57 Å². The molecule has 1 atom stereocenters. The van der Waals surface area contributed by atoms with E-state index in [2.05, 4.69) is 11.9 Å². The van der Waals surface area contributed by atoms with Crippen LogP contribution in [-0.2, 0) is 14.9 Å². The van der Waals surface area contributed by atoms with Gasteiger partial charge in [0.15, 0.2) is 5.44 Å². The zero-order chi connectivity index (χ0) is 10.6. The largest absolute Gasteiger partial charge is 0.374 e. The Bertz CT molecular complexity index is 307. The van der Waals surface area contributed by atoms with Gasteiger partial charge in [-0.25, -0.2) is 0 Å². The molecule has 0 aliphatic rings. The van der Waals surface area contributed by atoms with Gasteiger partial charge in [0.1, 0.15) is 0 Å². The molecule has 6 nitrogen and oxygen atoms in total. The third-order valence-corrected chi connectivity index (χ3v) is 2.02. The van der Waals surface area contributed by atoms with E-state index in [1.807, 2.05) is 0 Å². The molecular formula is C6H11NO5S. The Morgan fingerprint density at radius 3 is 2.38 bits per heavy atom. The fourth-order valence-electron chi connectivity index (χ4n) is 0.436. The van der Waals surface area contributed by atoms with Gasteiger partial charge in [0.2, 0.25) is 5.91 Å². The van der Waals surface area contributed by atoms with Gasteiger partial charge in [-0.05, 0) is 6.92 Å². The molecule has 0 aromatic rings. The summed E-state index contributed by atoms with van der Waals surface area (Å²) in [6, 6.07) is 0. The Hall–Kier alpha value is -0.920. The maximum Gasteiger partial charge on any atom is 0.293 e. The van der Waals surface area contributed by atoms with Crippen LogP contribution >= 0.6 is 0 Å². The molecule has 0 bridgehead atoms. The molecule has 13 heavy (non-hydrogen) atoms. The monoisotopic (exact) mass is 209 g/mol. The molecule has 1 unspecified atom stereocenters. The molecule has 1 amide bonds.